The Morgan fingerprint density at radius 2 is 0.262 bits per heavy atom. The van der Waals surface area contributed by atoms with E-state index in [2.05, 4.69) is 107 Å². The van der Waals surface area contributed by atoms with Gasteiger partial charge in [0, 0.05) is 267 Å². The molecule has 0 saturated heterocycles. The summed E-state index contributed by atoms with van der Waals surface area (Å²) in [6, 6.07) is 0. The van der Waals surface area contributed by atoms with E-state index in [0.717, 1.165) is 0 Å². The second kappa shape index (κ2) is 58.2. The predicted octanol–water partition coefficient (Wildman–Crippen LogP) is 9.28. The molecule has 0 aromatic carbocycles. The summed E-state index contributed by atoms with van der Waals surface area (Å²) in [6.45, 7) is 38.5. The van der Waals surface area contributed by atoms with E-state index in [9.17, 15) is 0 Å². The van der Waals surface area contributed by atoms with Gasteiger partial charge in [-0.25, -0.2) is 0 Å². The van der Waals surface area contributed by atoms with Crippen LogP contribution in [0.15, 0.2) is 0 Å². The van der Waals surface area contributed by atoms with E-state index < -0.39 is 0 Å². The van der Waals surface area contributed by atoms with Crippen molar-refractivity contribution in [1.82, 2.24) is 0 Å². The molecule has 0 fully saturated rings. The van der Waals surface area contributed by atoms with Crippen molar-refractivity contribution in [2.75, 3.05) is 156 Å². The van der Waals surface area contributed by atoms with Gasteiger partial charge in [-0.2, -0.15) is 0 Å². The van der Waals surface area contributed by atoms with Gasteiger partial charge < -0.3 is 0 Å². The summed E-state index contributed by atoms with van der Waals surface area (Å²) >= 11 is 0. The maximum atomic E-state index is 2.41. The summed E-state index contributed by atoms with van der Waals surface area (Å²) in [5.41, 5.74) is 0. The third kappa shape index (κ3) is 104. The van der Waals surface area contributed by atoms with Crippen LogP contribution in [0, 0.1) is 0 Å². The molecule has 0 aliphatic carbocycles. The molecular formula is C28H80Au6P8+8. The van der Waals surface area contributed by atoms with Gasteiger partial charge in [0.1, 0.15) is 0 Å². The quantitative estimate of drug-likeness (QED) is 0.107. The summed E-state index contributed by atoms with van der Waals surface area (Å²) in [4.78, 5) is 0. The van der Waals surface area contributed by atoms with Crippen molar-refractivity contribution >= 4 is 63.4 Å². The van der Waals surface area contributed by atoms with Crippen LogP contribution in [0.4, 0.5) is 0 Å². The van der Waals surface area contributed by atoms with Crippen LogP contribution < -0.4 is 0 Å². The molecule has 0 bridgehead atoms. The molecule has 0 rings (SSSR count). The van der Waals surface area contributed by atoms with Gasteiger partial charge in [0.2, 0.25) is 0 Å². The van der Waals surface area contributed by atoms with Crippen molar-refractivity contribution in [2.24, 2.45) is 0 Å². The maximum absolute atomic E-state index is 2.41. The number of hydrogen-bond donors (Lipinski definition) is 0. The molecule has 0 aliphatic heterocycles. The minimum atomic E-state index is 0. The first-order valence-corrected chi connectivity index (χ1v) is 36.5. The molecule has 290 valence electrons. The minimum absolute atomic E-state index is 0. The maximum Gasteiger partial charge on any atom is 0.0601 e. The Hall–Kier alpha value is 7.88. The van der Waals surface area contributed by atoms with Crippen molar-refractivity contribution in [1.29, 1.82) is 0 Å². The van der Waals surface area contributed by atoms with Crippen LogP contribution in [0.25, 0.3) is 0 Å². The Kier molecular flexibility index (Phi) is 104. The molecule has 0 unspecified atom stereocenters. The van der Waals surface area contributed by atoms with Gasteiger partial charge in [-0.05, 0) is 63.4 Å². The van der Waals surface area contributed by atoms with Gasteiger partial charge in [-0.3, -0.25) is 0 Å². The van der Waals surface area contributed by atoms with E-state index in [1.54, 1.807) is 0 Å². The largest absolute Gasteiger partial charge is 0.0601 e. The minimum Gasteiger partial charge on any atom is -0.00522 e. The summed E-state index contributed by atoms with van der Waals surface area (Å²) < 4.78 is 0. The third-order valence-corrected chi connectivity index (χ3v) is 16.2. The van der Waals surface area contributed by atoms with Gasteiger partial charge in [0.05, 0.1) is 49.3 Å². The zero-order chi connectivity index (χ0) is 29.1. The molecule has 0 aliphatic rings. The fourth-order valence-electron chi connectivity index (χ4n) is 3.18. The molecule has 42 heavy (non-hydrogen) atoms. The predicted molar refractivity (Wildman–Crippen MR) is 219 cm³/mol. The first-order valence-electron chi connectivity index (χ1n) is 14.8. The van der Waals surface area contributed by atoms with Gasteiger partial charge in [-0.1, -0.05) is 0 Å². The van der Waals surface area contributed by atoms with E-state index in [1.165, 1.54) is 75.0 Å². The molecule has 0 atom stereocenters. The summed E-state index contributed by atoms with van der Waals surface area (Å²) in [5.74, 6) is 0. The molecule has 0 spiro atoms. The third-order valence-electron chi connectivity index (χ3n) is 5.41. The Morgan fingerprint density at radius 1 is 0.190 bits per heavy atom. The molecule has 0 amide bonds. The Balaban J connectivity index is -0.0000000388. The second-order valence-corrected chi connectivity index (χ2v) is 36.4. The molecule has 0 aromatic rings. The summed E-state index contributed by atoms with van der Waals surface area (Å²) in [7, 11) is 0.688. The van der Waals surface area contributed by atoms with Crippen molar-refractivity contribution in [3.63, 3.8) is 0 Å². The van der Waals surface area contributed by atoms with Gasteiger partial charge in [0.25, 0.3) is 0 Å². The van der Waals surface area contributed by atoms with Gasteiger partial charge in [0.15, 0.2) is 0 Å². The molecule has 0 saturated carbocycles. The topological polar surface area (TPSA) is 0 Å². The monoisotopic (exact) mass is 1850 g/mol. The van der Waals surface area contributed by atoms with E-state index in [0.29, 0.717) is 0 Å². The van der Waals surface area contributed by atoms with Gasteiger partial charge >= 0.3 is 0 Å². The van der Waals surface area contributed by atoms with Crippen LogP contribution in [0.1, 0.15) is 25.7 Å². The summed E-state index contributed by atoms with van der Waals surface area (Å²) in [5, 5.41) is 0. The van der Waals surface area contributed by atoms with Crippen LogP contribution in [0.5, 0.6) is 0 Å². The average molecular weight is 1850 g/mol. The summed E-state index contributed by atoms with van der Waals surface area (Å²) in [6.07, 6.45) is 18.2. The van der Waals surface area contributed by atoms with Crippen LogP contribution in [0.3, 0.4) is 0 Å². The van der Waals surface area contributed by atoms with E-state index in [4.69, 9.17) is 0 Å². The Bertz CT molecular complexity index is 305. The van der Waals surface area contributed by atoms with Crippen LogP contribution in [-0.4, -0.2) is 156 Å². The fourth-order valence-corrected chi connectivity index (χ4v) is 11.7. The van der Waals surface area contributed by atoms with Crippen molar-refractivity contribution in [2.45, 2.75) is 25.7 Å². The molecule has 0 heterocycles. The molecule has 0 N–H and O–H groups in total. The second-order valence-electron chi connectivity index (χ2n) is 13.1. The van der Waals surface area contributed by atoms with Crippen molar-refractivity contribution < 1.29 is 134 Å². The molecule has 0 nitrogen and oxygen atoms in total. The molecular weight excluding hydrogens is 1770 g/mol. The smallest absolute Gasteiger partial charge is 0.00522 e. The van der Waals surface area contributed by atoms with Crippen LogP contribution in [-0.2, 0) is 134 Å². The van der Waals surface area contributed by atoms with Crippen LogP contribution in [0.2, 0.25) is 0 Å². The standard InChI is InChI=1S/4C7H18P2.6Au/c4*1-8(2)6-5-7-9(3)4;;;;;;/h4*5-7H2,1-4H3;;;;;;/p+8. The molecule has 14 heteroatoms. The van der Waals surface area contributed by atoms with E-state index in [-0.39, 0.29) is 198 Å². The van der Waals surface area contributed by atoms with Crippen molar-refractivity contribution in [3.05, 3.63) is 0 Å². The zero-order valence-corrected chi connectivity index (χ0v) is 51.3. The fraction of sp³-hybridized carbons (Fsp3) is 1.00. The SMILES string of the molecule is C[PH+](C)CCC[PH+](C)C.C[PH+](C)CCC[PH+](C)C.C[PH+](C)CCC[PH+](C)C.C[PH+](C)CCC[PH+](C)C.[Au].[Au].[Au].[Au].[Au].[Au]. The first kappa shape index (κ1) is 74.9. The Morgan fingerprint density at radius 3 is 0.310 bits per heavy atom. The Labute approximate surface area is 373 Å². The molecule has 0 aromatic heterocycles. The van der Waals surface area contributed by atoms with E-state index >= 15 is 0 Å². The van der Waals surface area contributed by atoms with E-state index in [1.807, 2.05) is 0 Å². The van der Waals surface area contributed by atoms with Crippen LogP contribution >= 0.6 is 63.4 Å². The number of hydrogen-bond acceptors (Lipinski definition) is 0. The number of rotatable bonds is 16. The zero-order valence-electron chi connectivity index (χ0n) is 30.3. The normalized spacial score (nSPS) is 9.71. The molecule has 6 radical (unpaired) electrons. The van der Waals surface area contributed by atoms with Crippen molar-refractivity contribution in [3.8, 4) is 0 Å². The van der Waals surface area contributed by atoms with Gasteiger partial charge in [-0.15, -0.1) is 0 Å². The average Bonchev–Trinajstić information content (AvgIpc) is 2.67. The first-order chi connectivity index (χ1) is 16.5.